The van der Waals surface area contributed by atoms with Crippen LogP contribution in [0.5, 0.6) is 0 Å². The van der Waals surface area contributed by atoms with Gasteiger partial charge in [-0.25, -0.2) is 4.98 Å². The summed E-state index contributed by atoms with van der Waals surface area (Å²) in [6, 6.07) is 15.8. The number of H-pyrrole nitrogens is 1. The minimum Gasteiger partial charge on any atom is -0.341 e. The lowest BCUT2D eigenvalue weighted by Gasteiger charge is -2.32. The number of piperidine rings is 1. The molecule has 0 saturated carbocycles. The van der Waals surface area contributed by atoms with Gasteiger partial charge in [-0.1, -0.05) is 29.8 Å². The fourth-order valence-corrected chi connectivity index (χ4v) is 5.27. The Hall–Kier alpha value is -3.14. The number of likely N-dealkylation sites (tertiary alicyclic amines) is 2. The molecule has 3 heterocycles. The van der Waals surface area contributed by atoms with E-state index in [4.69, 9.17) is 16.9 Å². The Balaban J connectivity index is 1.26. The van der Waals surface area contributed by atoms with E-state index in [1.165, 1.54) is 12.0 Å². The van der Waals surface area contributed by atoms with Crippen LogP contribution >= 0.6 is 11.6 Å². The average Bonchev–Trinajstić information content (AvgIpc) is 3.23. The Morgan fingerprint density at radius 1 is 1.14 bits per heavy atom. The van der Waals surface area contributed by atoms with Gasteiger partial charge in [0, 0.05) is 37.2 Å². The molecule has 2 saturated heterocycles. The molecule has 0 atom stereocenters. The van der Waals surface area contributed by atoms with Crippen molar-refractivity contribution in [2.24, 2.45) is 0 Å². The van der Waals surface area contributed by atoms with Crippen molar-refractivity contribution in [1.29, 1.82) is 5.26 Å². The zero-order chi connectivity index (χ0) is 24.4. The van der Waals surface area contributed by atoms with Gasteiger partial charge in [-0.3, -0.25) is 4.79 Å². The topological polar surface area (TPSA) is 76.0 Å². The number of hydrogen-bond donors (Lipinski definition) is 1. The highest BCUT2D eigenvalue weighted by Crippen LogP contribution is 2.32. The third-order valence-electron chi connectivity index (χ3n) is 7.37. The van der Waals surface area contributed by atoms with Crippen LogP contribution in [-0.2, 0) is 6.42 Å². The molecule has 2 fully saturated rings. The molecular weight excluding hydrogens is 458 g/mol. The van der Waals surface area contributed by atoms with Crippen LogP contribution in [-0.4, -0.2) is 58.4 Å². The first-order valence-corrected chi connectivity index (χ1v) is 12.8. The van der Waals surface area contributed by atoms with E-state index in [0.717, 1.165) is 74.6 Å². The van der Waals surface area contributed by atoms with Crippen LogP contribution < -0.4 is 0 Å². The van der Waals surface area contributed by atoms with Crippen molar-refractivity contribution in [3.63, 3.8) is 0 Å². The van der Waals surface area contributed by atoms with E-state index < -0.39 is 0 Å². The molecule has 6 nitrogen and oxygen atoms in total. The molecule has 180 valence electrons. The number of rotatable bonds is 6. The van der Waals surface area contributed by atoms with E-state index in [0.29, 0.717) is 22.2 Å². The number of aromatic nitrogens is 2. The van der Waals surface area contributed by atoms with Crippen molar-refractivity contribution in [3.8, 4) is 17.3 Å². The fraction of sp³-hybridized carbons (Fsp3) is 0.393. The lowest BCUT2D eigenvalue weighted by atomic mass is 9.88. The maximum absolute atomic E-state index is 13.4. The zero-order valence-corrected chi connectivity index (χ0v) is 20.8. The van der Waals surface area contributed by atoms with Gasteiger partial charge in [0.1, 0.15) is 5.82 Å². The van der Waals surface area contributed by atoms with Crippen molar-refractivity contribution in [2.75, 3.05) is 32.7 Å². The first-order chi connectivity index (χ1) is 17.0. The second kappa shape index (κ2) is 10.2. The van der Waals surface area contributed by atoms with Crippen molar-refractivity contribution in [2.45, 2.75) is 38.5 Å². The SMILES string of the molecule is Cc1ccc(C(=O)N2CCC(c3ccc(C#N)cc3)CC2)cc1-c1[nH]c(CCN2CCC2)nc1Cl. The number of carbonyl (C=O) groups excluding carboxylic acids is 1. The number of halogens is 1. The predicted octanol–water partition coefficient (Wildman–Crippen LogP) is 5.18. The van der Waals surface area contributed by atoms with Gasteiger partial charge in [-0.2, -0.15) is 5.26 Å². The summed E-state index contributed by atoms with van der Waals surface area (Å²) in [4.78, 5) is 25.7. The van der Waals surface area contributed by atoms with Crippen LogP contribution in [0.1, 0.15) is 58.1 Å². The number of nitrogens with zero attached hydrogens (tertiary/aromatic N) is 4. The van der Waals surface area contributed by atoms with Crippen LogP contribution in [0.3, 0.4) is 0 Å². The molecule has 35 heavy (non-hydrogen) atoms. The van der Waals surface area contributed by atoms with Gasteiger partial charge in [0.05, 0.1) is 17.3 Å². The highest BCUT2D eigenvalue weighted by Gasteiger charge is 2.25. The molecule has 0 radical (unpaired) electrons. The Morgan fingerprint density at radius 2 is 1.89 bits per heavy atom. The van der Waals surface area contributed by atoms with Crippen molar-refractivity contribution < 1.29 is 4.79 Å². The number of nitriles is 1. The summed E-state index contributed by atoms with van der Waals surface area (Å²) in [6.45, 7) is 6.78. The third kappa shape index (κ3) is 5.12. The zero-order valence-electron chi connectivity index (χ0n) is 20.1. The van der Waals surface area contributed by atoms with Crippen LogP contribution in [0.25, 0.3) is 11.3 Å². The van der Waals surface area contributed by atoms with Crippen molar-refractivity contribution in [1.82, 2.24) is 19.8 Å². The number of benzene rings is 2. The molecule has 3 aromatic rings. The minimum absolute atomic E-state index is 0.0539. The normalized spacial score (nSPS) is 16.7. The van der Waals surface area contributed by atoms with Gasteiger partial charge in [0.25, 0.3) is 5.91 Å². The smallest absolute Gasteiger partial charge is 0.253 e. The quantitative estimate of drug-likeness (QED) is 0.520. The second-order valence-corrected chi connectivity index (χ2v) is 9.98. The highest BCUT2D eigenvalue weighted by molar-refractivity contribution is 6.32. The Kier molecular flexibility index (Phi) is 6.90. The molecule has 2 aliphatic rings. The summed E-state index contributed by atoms with van der Waals surface area (Å²) in [5.74, 6) is 1.36. The molecule has 2 aliphatic heterocycles. The van der Waals surface area contributed by atoms with E-state index >= 15 is 0 Å². The lowest BCUT2D eigenvalue weighted by Crippen LogP contribution is -2.38. The van der Waals surface area contributed by atoms with Crippen molar-refractivity contribution in [3.05, 3.63) is 75.7 Å². The highest BCUT2D eigenvalue weighted by atomic mass is 35.5. The first kappa shape index (κ1) is 23.6. The molecule has 0 spiro atoms. The number of carbonyl (C=O) groups is 1. The molecular formula is C28H30ClN5O. The van der Waals surface area contributed by atoms with Crippen LogP contribution in [0, 0.1) is 18.3 Å². The molecule has 1 aromatic heterocycles. The number of amides is 1. The monoisotopic (exact) mass is 487 g/mol. The minimum atomic E-state index is 0.0539. The number of aryl methyl sites for hydroxylation is 1. The van der Waals surface area contributed by atoms with Gasteiger partial charge in [-0.15, -0.1) is 0 Å². The standard InChI is InChI=1S/C28H30ClN5O/c1-19-3-6-23(17-24(19)26-27(29)32-25(31-26)11-14-33-12-2-13-33)28(35)34-15-9-22(10-16-34)21-7-4-20(18-30)5-8-21/h3-8,17,22H,2,9-16H2,1H3,(H,31,32). The molecule has 1 N–H and O–H groups in total. The molecule has 2 aromatic carbocycles. The predicted molar refractivity (Wildman–Crippen MR) is 138 cm³/mol. The maximum atomic E-state index is 13.4. The number of hydrogen-bond acceptors (Lipinski definition) is 4. The van der Waals surface area contributed by atoms with Crippen LogP contribution in [0.2, 0.25) is 5.15 Å². The summed E-state index contributed by atoms with van der Waals surface area (Å²) in [5, 5.41) is 9.47. The van der Waals surface area contributed by atoms with E-state index in [9.17, 15) is 4.79 Å². The first-order valence-electron chi connectivity index (χ1n) is 12.4. The molecule has 0 aliphatic carbocycles. The molecule has 0 unspecified atom stereocenters. The molecule has 7 heteroatoms. The van der Waals surface area contributed by atoms with Crippen LogP contribution in [0.15, 0.2) is 42.5 Å². The van der Waals surface area contributed by atoms with E-state index in [-0.39, 0.29) is 5.91 Å². The molecule has 5 rings (SSSR count). The summed E-state index contributed by atoms with van der Waals surface area (Å²) < 4.78 is 0. The van der Waals surface area contributed by atoms with Crippen LogP contribution in [0.4, 0.5) is 0 Å². The Morgan fingerprint density at radius 3 is 2.54 bits per heavy atom. The largest absolute Gasteiger partial charge is 0.341 e. The summed E-state index contributed by atoms with van der Waals surface area (Å²) in [7, 11) is 0. The van der Waals surface area contributed by atoms with Gasteiger partial charge >= 0.3 is 0 Å². The molecule has 1 amide bonds. The van der Waals surface area contributed by atoms with Gasteiger partial charge in [0.15, 0.2) is 5.15 Å². The van der Waals surface area contributed by atoms with E-state index in [2.05, 4.69) is 20.9 Å². The van der Waals surface area contributed by atoms with Crippen molar-refractivity contribution >= 4 is 17.5 Å². The third-order valence-corrected chi connectivity index (χ3v) is 7.64. The summed E-state index contributed by atoms with van der Waals surface area (Å²) in [5.41, 5.74) is 5.37. The Labute approximate surface area is 211 Å². The maximum Gasteiger partial charge on any atom is 0.253 e. The lowest BCUT2D eigenvalue weighted by molar-refractivity contribution is 0.0713. The fourth-order valence-electron chi connectivity index (χ4n) is 5.02. The number of aromatic amines is 1. The molecule has 0 bridgehead atoms. The van der Waals surface area contributed by atoms with Gasteiger partial charge < -0.3 is 14.8 Å². The number of imidazole rings is 1. The van der Waals surface area contributed by atoms with E-state index in [1.807, 2.05) is 54.3 Å². The number of nitrogens with one attached hydrogen (secondary N) is 1. The van der Waals surface area contributed by atoms with Gasteiger partial charge in [-0.05, 0) is 80.6 Å². The average molecular weight is 488 g/mol. The summed E-state index contributed by atoms with van der Waals surface area (Å²) >= 11 is 6.52. The second-order valence-electron chi connectivity index (χ2n) is 9.62. The van der Waals surface area contributed by atoms with Gasteiger partial charge in [0.2, 0.25) is 0 Å². The van der Waals surface area contributed by atoms with E-state index in [1.54, 1.807) is 0 Å². The Bertz CT molecular complexity index is 1250. The summed E-state index contributed by atoms with van der Waals surface area (Å²) in [6.07, 6.45) is 3.95.